The van der Waals surface area contributed by atoms with Gasteiger partial charge in [0.2, 0.25) is 17.8 Å². The molecule has 0 spiro atoms. The maximum atomic E-state index is 14.1. The van der Waals surface area contributed by atoms with Crippen LogP contribution in [0.1, 0.15) is 58.8 Å². The molecule has 0 aliphatic heterocycles. The normalized spacial score (nSPS) is 15.3. The van der Waals surface area contributed by atoms with Crippen molar-refractivity contribution in [3.8, 4) is 5.75 Å². The summed E-state index contributed by atoms with van der Waals surface area (Å²) in [5.74, 6) is 1.01. The predicted molar refractivity (Wildman–Crippen MR) is 123 cm³/mol. The van der Waals surface area contributed by atoms with Crippen LogP contribution in [0.2, 0.25) is 0 Å². The lowest BCUT2D eigenvalue weighted by molar-refractivity contribution is 0.386. The molecule has 2 aromatic rings. The van der Waals surface area contributed by atoms with Crippen molar-refractivity contribution < 1.29 is 9.13 Å². The van der Waals surface area contributed by atoms with Crippen molar-refractivity contribution in [2.24, 2.45) is 5.73 Å². The average Bonchev–Trinajstić information content (AvgIpc) is 2.96. The highest BCUT2D eigenvalue weighted by molar-refractivity contribution is 5.57. The fourth-order valence-electron chi connectivity index (χ4n) is 3.76. The number of ether oxygens (including phenoxy) is 1. The Kier molecular flexibility index (Phi) is 7.84. The van der Waals surface area contributed by atoms with Gasteiger partial charge in [0.25, 0.3) is 0 Å². The fourth-order valence-corrected chi connectivity index (χ4v) is 3.76. The van der Waals surface area contributed by atoms with Gasteiger partial charge in [0.05, 0.1) is 7.11 Å². The van der Waals surface area contributed by atoms with Crippen LogP contribution in [0.3, 0.4) is 0 Å². The first-order valence-electron chi connectivity index (χ1n) is 11.0. The summed E-state index contributed by atoms with van der Waals surface area (Å²) in [7, 11) is 1.43. The molecule has 0 saturated heterocycles. The number of rotatable bonds is 9. The van der Waals surface area contributed by atoms with E-state index >= 15 is 0 Å². The molecule has 0 atom stereocenters. The molecule has 1 aromatic carbocycles. The molecule has 1 heterocycles. The number of halogens is 1. The highest BCUT2D eigenvalue weighted by atomic mass is 19.1. The third-order valence-corrected chi connectivity index (χ3v) is 5.45. The van der Waals surface area contributed by atoms with Crippen molar-refractivity contribution in [1.82, 2.24) is 15.0 Å². The molecular weight excluding hydrogens is 397 g/mol. The van der Waals surface area contributed by atoms with Crippen LogP contribution in [0, 0.1) is 5.82 Å². The minimum Gasteiger partial charge on any atom is -0.494 e. The van der Waals surface area contributed by atoms with Crippen LogP contribution in [0.15, 0.2) is 18.2 Å². The molecule has 170 valence electrons. The molecular formula is C22H34FN7O. The number of methoxy groups -OCH3 is 1. The molecule has 0 bridgehead atoms. The molecule has 5 N–H and O–H groups in total. The van der Waals surface area contributed by atoms with E-state index in [1.807, 2.05) is 13.8 Å². The Bertz CT molecular complexity index is 854. The van der Waals surface area contributed by atoms with Crippen LogP contribution < -0.4 is 26.4 Å². The van der Waals surface area contributed by atoms with E-state index in [-0.39, 0.29) is 11.3 Å². The standard InChI is InChI=1S/C22H34FN7O/c1-22(2,12-13-24)30-21-28-19(25-15-8-6-4-5-7-9-15)27-20(29-21)26-16-10-11-18(31-3)17(23)14-16/h10-11,14-15H,4-9,12-13,24H2,1-3H3,(H3,25,26,27,28,29,30). The highest BCUT2D eigenvalue weighted by Gasteiger charge is 2.20. The molecule has 9 heteroatoms. The lowest BCUT2D eigenvalue weighted by Gasteiger charge is -2.26. The molecule has 1 aromatic heterocycles. The van der Waals surface area contributed by atoms with Gasteiger partial charge in [-0.3, -0.25) is 0 Å². The van der Waals surface area contributed by atoms with Gasteiger partial charge in [-0.1, -0.05) is 25.7 Å². The Morgan fingerprint density at radius 1 is 1.06 bits per heavy atom. The number of aromatic nitrogens is 3. The van der Waals surface area contributed by atoms with Gasteiger partial charge in [-0.25, -0.2) is 4.39 Å². The zero-order chi connectivity index (χ0) is 22.3. The van der Waals surface area contributed by atoms with Crippen molar-refractivity contribution in [3.63, 3.8) is 0 Å². The monoisotopic (exact) mass is 431 g/mol. The predicted octanol–water partition coefficient (Wildman–Crippen LogP) is 4.44. The van der Waals surface area contributed by atoms with Gasteiger partial charge in [0, 0.05) is 23.3 Å². The summed E-state index contributed by atoms with van der Waals surface area (Å²) in [6.45, 7) is 4.65. The summed E-state index contributed by atoms with van der Waals surface area (Å²) in [6.07, 6.45) is 7.90. The van der Waals surface area contributed by atoms with Gasteiger partial charge in [0.15, 0.2) is 11.6 Å². The van der Waals surface area contributed by atoms with E-state index in [2.05, 4.69) is 30.9 Å². The van der Waals surface area contributed by atoms with Crippen molar-refractivity contribution in [2.75, 3.05) is 29.6 Å². The van der Waals surface area contributed by atoms with Crippen molar-refractivity contribution >= 4 is 23.5 Å². The Morgan fingerprint density at radius 3 is 2.39 bits per heavy atom. The summed E-state index contributed by atoms with van der Waals surface area (Å²) in [5.41, 5.74) is 5.99. The van der Waals surface area contributed by atoms with Gasteiger partial charge in [-0.2, -0.15) is 15.0 Å². The second kappa shape index (κ2) is 10.6. The maximum absolute atomic E-state index is 14.1. The zero-order valence-electron chi connectivity index (χ0n) is 18.7. The number of anilines is 4. The molecule has 1 fully saturated rings. The summed E-state index contributed by atoms with van der Waals surface area (Å²) in [5, 5.41) is 9.90. The van der Waals surface area contributed by atoms with E-state index in [0.29, 0.717) is 36.1 Å². The average molecular weight is 432 g/mol. The van der Waals surface area contributed by atoms with Crippen LogP contribution in [-0.2, 0) is 0 Å². The second-order valence-electron chi connectivity index (χ2n) is 8.66. The Balaban J connectivity index is 1.85. The Hall–Kier alpha value is -2.68. The maximum Gasteiger partial charge on any atom is 0.233 e. The van der Waals surface area contributed by atoms with Crippen molar-refractivity contribution in [3.05, 3.63) is 24.0 Å². The van der Waals surface area contributed by atoms with E-state index in [0.717, 1.165) is 19.3 Å². The van der Waals surface area contributed by atoms with Crippen molar-refractivity contribution in [1.29, 1.82) is 0 Å². The van der Waals surface area contributed by atoms with E-state index in [9.17, 15) is 4.39 Å². The summed E-state index contributed by atoms with van der Waals surface area (Å²) in [4.78, 5) is 13.6. The number of nitrogens with zero attached hydrogens (tertiary/aromatic N) is 3. The molecule has 1 aliphatic rings. The molecule has 1 aliphatic carbocycles. The number of benzene rings is 1. The third-order valence-electron chi connectivity index (χ3n) is 5.45. The number of nitrogens with two attached hydrogens (primary N) is 1. The Morgan fingerprint density at radius 2 is 1.74 bits per heavy atom. The van der Waals surface area contributed by atoms with Gasteiger partial charge in [-0.05, 0) is 51.8 Å². The van der Waals surface area contributed by atoms with Crippen LogP contribution in [0.4, 0.5) is 27.9 Å². The highest BCUT2D eigenvalue weighted by Crippen LogP contribution is 2.25. The smallest absolute Gasteiger partial charge is 0.233 e. The number of hydrogen-bond acceptors (Lipinski definition) is 8. The van der Waals surface area contributed by atoms with E-state index in [1.165, 1.54) is 38.9 Å². The number of hydrogen-bond donors (Lipinski definition) is 4. The van der Waals surface area contributed by atoms with Crippen LogP contribution in [0.25, 0.3) is 0 Å². The van der Waals surface area contributed by atoms with E-state index in [1.54, 1.807) is 12.1 Å². The first kappa shape index (κ1) is 23.0. The first-order chi connectivity index (χ1) is 14.9. The molecule has 3 rings (SSSR count). The molecule has 31 heavy (non-hydrogen) atoms. The summed E-state index contributed by atoms with van der Waals surface area (Å²) < 4.78 is 19.1. The largest absolute Gasteiger partial charge is 0.494 e. The molecule has 0 amide bonds. The lowest BCUT2D eigenvalue weighted by Crippen LogP contribution is -2.34. The van der Waals surface area contributed by atoms with E-state index in [4.69, 9.17) is 10.5 Å². The van der Waals surface area contributed by atoms with Crippen molar-refractivity contribution in [2.45, 2.75) is 70.4 Å². The third kappa shape index (κ3) is 6.92. The number of nitrogens with one attached hydrogen (secondary N) is 3. The molecule has 1 saturated carbocycles. The van der Waals surface area contributed by atoms with Crippen LogP contribution in [0.5, 0.6) is 5.75 Å². The fraction of sp³-hybridized carbons (Fsp3) is 0.591. The zero-order valence-corrected chi connectivity index (χ0v) is 18.7. The summed E-state index contributed by atoms with van der Waals surface area (Å²) >= 11 is 0. The van der Waals surface area contributed by atoms with Gasteiger partial charge in [-0.15, -0.1) is 0 Å². The summed E-state index contributed by atoms with van der Waals surface area (Å²) in [6, 6.07) is 4.97. The van der Waals surface area contributed by atoms with Gasteiger partial charge >= 0.3 is 0 Å². The molecule has 8 nitrogen and oxygen atoms in total. The SMILES string of the molecule is COc1ccc(Nc2nc(NC3CCCCCC3)nc(NC(C)(C)CCN)n2)cc1F. The van der Waals surface area contributed by atoms with Crippen LogP contribution >= 0.6 is 0 Å². The quantitative estimate of drug-likeness (QED) is 0.432. The molecule has 0 radical (unpaired) electrons. The van der Waals surface area contributed by atoms with Gasteiger partial charge < -0.3 is 26.4 Å². The van der Waals surface area contributed by atoms with E-state index < -0.39 is 5.82 Å². The minimum absolute atomic E-state index is 0.183. The second-order valence-corrected chi connectivity index (χ2v) is 8.66. The minimum atomic E-state index is -0.458. The Labute approximate surface area is 183 Å². The first-order valence-corrected chi connectivity index (χ1v) is 11.0. The molecule has 0 unspecified atom stereocenters. The van der Waals surface area contributed by atoms with Gasteiger partial charge in [0.1, 0.15) is 0 Å². The topological polar surface area (TPSA) is 110 Å². The van der Waals surface area contributed by atoms with Crippen LogP contribution in [-0.4, -0.2) is 40.2 Å². The lowest BCUT2D eigenvalue weighted by atomic mass is 10.0.